The maximum Gasteiger partial charge on any atom is 0.0349 e. The van der Waals surface area contributed by atoms with Crippen LogP contribution in [0.1, 0.15) is 11.8 Å². The summed E-state index contributed by atoms with van der Waals surface area (Å²) in [6.45, 7) is 2.02. The third-order valence-electron chi connectivity index (χ3n) is 2.01. The van der Waals surface area contributed by atoms with Gasteiger partial charge in [0.15, 0.2) is 0 Å². The molecular formula is C13H12S. The van der Waals surface area contributed by atoms with Gasteiger partial charge in [-0.05, 0) is 30.5 Å². The first kappa shape index (κ1) is 9.22. The lowest BCUT2D eigenvalue weighted by molar-refractivity contribution is 1.74. The van der Waals surface area contributed by atoms with Crippen LogP contribution in [-0.4, -0.2) is 0 Å². The van der Waals surface area contributed by atoms with Crippen molar-refractivity contribution in [3.8, 4) is 0 Å². The first-order valence-electron chi connectivity index (χ1n) is 4.68. The molecule has 0 bridgehead atoms. The fraction of sp³-hybridized carbons (Fsp3) is 0.0769. The minimum absolute atomic E-state index is 1.31. The summed E-state index contributed by atoms with van der Waals surface area (Å²) < 4.78 is 1.35. The molecule has 2 rings (SSSR count). The molecule has 0 spiro atoms. The molecule has 0 nitrogen and oxygen atoms in total. The van der Waals surface area contributed by atoms with Gasteiger partial charge in [-0.1, -0.05) is 36.4 Å². The Labute approximate surface area is 88.2 Å². The van der Waals surface area contributed by atoms with Crippen LogP contribution in [0.5, 0.6) is 0 Å². The minimum Gasteiger partial charge on any atom is -0.136 e. The summed E-state index contributed by atoms with van der Waals surface area (Å²) in [6.07, 6.45) is 8.30. The van der Waals surface area contributed by atoms with Crippen molar-refractivity contribution in [1.82, 2.24) is 0 Å². The smallest absolute Gasteiger partial charge is 0.0349 e. The molecule has 0 atom stereocenters. The quantitative estimate of drug-likeness (QED) is 0.626. The molecule has 0 fully saturated rings. The Balaban J connectivity index is 2.35. The predicted molar refractivity (Wildman–Crippen MR) is 65.7 cm³/mol. The summed E-state index contributed by atoms with van der Waals surface area (Å²) in [5.41, 5.74) is 0. The lowest BCUT2D eigenvalue weighted by atomic mass is 10.2. The molecule has 0 saturated carbocycles. The van der Waals surface area contributed by atoms with Crippen LogP contribution in [-0.2, 0) is 0 Å². The van der Waals surface area contributed by atoms with Gasteiger partial charge in [0.1, 0.15) is 0 Å². The topological polar surface area (TPSA) is 0 Å². The van der Waals surface area contributed by atoms with Crippen molar-refractivity contribution in [1.29, 1.82) is 0 Å². The molecule has 0 aliphatic carbocycles. The van der Waals surface area contributed by atoms with Crippen molar-refractivity contribution in [2.45, 2.75) is 6.92 Å². The van der Waals surface area contributed by atoms with Gasteiger partial charge < -0.3 is 0 Å². The molecule has 14 heavy (non-hydrogen) atoms. The average Bonchev–Trinajstić information content (AvgIpc) is 2.60. The highest BCUT2D eigenvalue weighted by Crippen LogP contribution is 2.25. The van der Waals surface area contributed by atoms with Crippen LogP contribution in [0.3, 0.4) is 0 Å². The molecule has 1 aromatic carbocycles. The van der Waals surface area contributed by atoms with Gasteiger partial charge in [-0.2, -0.15) is 0 Å². The van der Waals surface area contributed by atoms with E-state index in [1.165, 1.54) is 15.0 Å². The van der Waals surface area contributed by atoms with Crippen LogP contribution in [0.15, 0.2) is 48.6 Å². The fourth-order valence-corrected chi connectivity index (χ4v) is 2.32. The highest BCUT2D eigenvalue weighted by Gasteiger charge is 1.96. The van der Waals surface area contributed by atoms with E-state index in [0.717, 1.165) is 0 Å². The molecule has 70 valence electrons. The van der Waals surface area contributed by atoms with Gasteiger partial charge in [-0.3, -0.25) is 0 Å². The van der Waals surface area contributed by atoms with Gasteiger partial charge in [-0.25, -0.2) is 0 Å². The normalized spacial score (nSPS) is 12.1. The van der Waals surface area contributed by atoms with E-state index in [2.05, 4.69) is 42.5 Å². The second kappa shape index (κ2) is 4.25. The van der Waals surface area contributed by atoms with Gasteiger partial charge in [0.2, 0.25) is 0 Å². The maximum atomic E-state index is 2.22. The molecule has 1 heterocycles. The third-order valence-corrected chi connectivity index (χ3v) is 3.09. The average molecular weight is 200 g/mol. The molecule has 1 aromatic heterocycles. The largest absolute Gasteiger partial charge is 0.136 e. The van der Waals surface area contributed by atoms with E-state index in [4.69, 9.17) is 0 Å². The number of thiophene rings is 1. The van der Waals surface area contributed by atoms with Crippen LogP contribution < -0.4 is 0 Å². The summed E-state index contributed by atoms with van der Waals surface area (Å²) in [5, 5.41) is 1.33. The molecule has 2 aromatic rings. The molecule has 0 radical (unpaired) electrons. The van der Waals surface area contributed by atoms with Gasteiger partial charge in [0, 0.05) is 9.58 Å². The Bertz CT molecular complexity index is 442. The van der Waals surface area contributed by atoms with Crippen molar-refractivity contribution in [2.75, 3.05) is 0 Å². The van der Waals surface area contributed by atoms with Crippen molar-refractivity contribution in [2.24, 2.45) is 0 Å². The van der Waals surface area contributed by atoms with Crippen LogP contribution in [0, 0.1) is 0 Å². The third kappa shape index (κ3) is 1.94. The predicted octanol–water partition coefficient (Wildman–Crippen LogP) is 4.49. The number of hydrogen-bond donors (Lipinski definition) is 0. The molecule has 0 unspecified atom stereocenters. The van der Waals surface area contributed by atoms with E-state index in [1.807, 2.05) is 30.4 Å². The standard InChI is InChI=1S/C13H12S/c1-2-3-4-8-12-10-11-7-5-6-9-13(11)14-12/h2-10H,1H3. The van der Waals surface area contributed by atoms with Crippen molar-refractivity contribution < 1.29 is 0 Å². The van der Waals surface area contributed by atoms with E-state index in [1.54, 1.807) is 0 Å². The SMILES string of the molecule is CC=CC=Cc1cc2ccccc2s1. The number of fused-ring (bicyclic) bond motifs is 1. The Morgan fingerprint density at radius 3 is 2.79 bits per heavy atom. The zero-order valence-corrected chi connectivity index (χ0v) is 8.92. The van der Waals surface area contributed by atoms with E-state index >= 15 is 0 Å². The highest BCUT2D eigenvalue weighted by molar-refractivity contribution is 7.19. The molecule has 0 aliphatic rings. The van der Waals surface area contributed by atoms with E-state index in [-0.39, 0.29) is 0 Å². The maximum absolute atomic E-state index is 2.22. The van der Waals surface area contributed by atoms with Gasteiger partial charge in [0.05, 0.1) is 0 Å². The van der Waals surface area contributed by atoms with E-state index < -0.39 is 0 Å². The Morgan fingerprint density at radius 1 is 1.14 bits per heavy atom. The number of allylic oxidation sites excluding steroid dienone is 3. The van der Waals surface area contributed by atoms with E-state index in [9.17, 15) is 0 Å². The Kier molecular flexibility index (Phi) is 2.80. The zero-order chi connectivity index (χ0) is 9.80. The first-order valence-corrected chi connectivity index (χ1v) is 5.50. The molecule has 0 saturated heterocycles. The number of hydrogen-bond acceptors (Lipinski definition) is 1. The summed E-state index contributed by atoms with van der Waals surface area (Å²) in [6, 6.07) is 10.7. The van der Waals surface area contributed by atoms with Crippen molar-refractivity contribution >= 4 is 27.5 Å². The van der Waals surface area contributed by atoms with Gasteiger partial charge in [0.25, 0.3) is 0 Å². The van der Waals surface area contributed by atoms with E-state index in [0.29, 0.717) is 0 Å². The van der Waals surface area contributed by atoms with Crippen LogP contribution in [0.25, 0.3) is 16.2 Å². The first-order chi connectivity index (χ1) is 6.90. The number of rotatable bonds is 2. The Hall–Kier alpha value is -1.34. The molecule has 0 amide bonds. The highest BCUT2D eigenvalue weighted by atomic mass is 32.1. The van der Waals surface area contributed by atoms with Crippen molar-refractivity contribution in [3.63, 3.8) is 0 Å². The monoisotopic (exact) mass is 200 g/mol. The second-order valence-corrected chi connectivity index (χ2v) is 4.19. The summed E-state index contributed by atoms with van der Waals surface area (Å²) >= 11 is 1.83. The number of benzene rings is 1. The zero-order valence-electron chi connectivity index (χ0n) is 8.10. The molecule has 1 heteroatoms. The van der Waals surface area contributed by atoms with Gasteiger partial charge >= 0.3 is 0 Å². The molecule has 0 aliphatic heterocycles. The summed E-state index contributed by atoms with van der Waals surface area (Å²) in [5.74, 6) is 0. The lowest BCUT2D eigenvalue weighted by Gasteiger charge is -1.82. The summed E-state index contributed by atoms with van der Waals surface area (Å²) in [4.78, 5) is 1.31. The second-order valence-electron chi connectivity index (χ2n) is 3.07. The summed E-state index contributed by atoms with van der Waals surface area (Å²) in [7, 11) is 0. The van der Waals surface area contributed by atoms with Gasteiger partial charge in [-0.15, -0.1) is 11.3 Å². The molecular weight excluding hydrogens is 188 g/mol. The fourth-order valence-electron chi connectivity index (χ4n) is 1.35. The van der Waals surface area contributed by atoms with Crippen molar-refractivity contribution in [3.05, 3.63) is 53.4 Å². The van der Waals surface area contributed by atoms with Crippen LogP contribution in [0.4, 0.5) is 0 Å². The van der Waals surface area contributed by atoms with Crippen LogP contribution in [0.2, 0.25) is 0 Å². The lowest BCUT2D eigenvalue weighted by Crippen LogP contribution is -1.57. The molecule has 0 N–H and O–H groups in total. The minimum atomic E-state index is 1.31. The van der Waals surface area contributed by atoms with Crippen LogP contribution >= 0.6 is 11.3 Å². The Morgan fingerprint density at radius 2 is 2.00 bits per heavy atom.